The predicted octanol–water partition coefficient (Wildman–Crippen LogP) is 0.487. The monoisotopic (exact) mass is 312 g/mol. The van der Waals surface area contributed by atoms with E-state index in [4.69, 9.17) is 4.74 Å². The molecule has 0 unspecified atom stereocenters. The SMILES string of the molecule is COc1cccc(C[NH+]2CC[NH+](Cc3cccc(C)c3)CC2)c1. The molecule has 3 rings (SSSR count). The number of ether oxygens (including phenoxy) is 1. The van der Waals surface area contributed by atoms with E-state index in [1.165, 1.54) is 42.9 Å². The van der Waals surface area contributed by atoms with Crippen molar-refractivity contribution in [2.45, 2.75) is 20.0 Å². The molecule has 0 bridgehead atoms. The Morgan fingerprint density at radius 1 is 0.826 bits per heavy atom. The van der Waals surface area contributed by atoms with Gasteiger partial charge in [0.1, 0.15) is 45.0 Å². The molecule has 2 aromatic rings. The number of hydrogen-bond donors (Lipinski definition) is 2. The summed E-state index contributed by atoms with van der Waals surface area (Å²) in [6, 6.07) is 17.4. The molecule has 0 aromatic heterocycles. The smallest absolute Gasteiger partial charge is 0.127 e. The number of methoxy groups -OCH3 is 1. The molecule has 2 aromatic carbocycles. The van der Waals surface area contributed by atoms with Gasteiger partial charge in [-0.2, -0.15) is 0 Å². The summed E-state index contributed by atoms with van der Waals surface area (Å²) >= 11 is 0. The molecule has 0 amide bonds. The highest BCUT2D eigenvalue weighted by molar-refractivity contribution is 5.27. The molecule has 0 saturated carbocycles. The van der Waals surface area contributed by atoms with Crippen LogP contribution in [0.3, 0.4) is 0 Å². The first-order valence-corrected chi connectivity index (χ1v) is 8.58. The van der Waals surface area contributed by atoms with Crippen molar-refractivity contribution in [2.24, 2.45) is 0 Å². The molecule has 122 valence electrons. The zero-order valence-electron chi connectivity index (χ0n) is 14.3. The van der Waals surface area contributed by atoms with Gasteiger partial charge in [-0.15, -0.1) is 0 Å². The van der Waals surface area contributed by atoms with Gasteiger partial charge in [-0.05, 0) is 19.1 Å². The second-order valence-electron chi connectivity index (χ2n) is 6.69. The molecule has 1 saturated heterocycles. The molecule has 3 heteroatoms. The first kappa shape index (κ1) is 16.0. The molecular weight excluding hydrogens is 284 g/mol. The third-order valence-electron chi connectivity index (χ3n) is 4.79. The lowest BCUT2D eigenvalue weighted by atomic mass is 10.1. The van der Waals surface area contributed by atoms with E-state index in [1.54, 1.807) is 16.9 Å². The average Bonchev–Trinajstić information content (AvgIpc) is 2.57. The molecule has 0 radical (unpaired) electrons. The third-order valence-corrected chi connectivity index (χ3v) is 4.79. The lowest BCUT2D eigenvalue weighted by molar-refractivity contribution is -1.02. The zero-order chi connectivity index (χ0) is 16.1. The number of nitrogens with one attached hydrogen (secondary N) is 2. The van der Waals surface area contributed by atoms with Gasteiger partial charge in [0, 0.05) is 11.1 Å². The fourth-order valence-corrected chi connectivity index (χ4v) is 3.49. The lowest BCUT2D eigenvalue weighted by Gasteiger charge is -2.30. The summed E-state index contributed by atoms with van der Waals surface area (Å²) in [7, 11) is 1.74. The molecule has 0 atom stereocenters. The van der Waals surface area contributed by atoms with Gasteiger partial charge in [0.2, 0.25) is 0 Å². The number of aryl methyl sites for hydroxylation is 1. The van der Waals surface area contributed by atoms with Crippen molar-refractivity contribution in [3.05, 3.63) is 65.2 Å². The van der Waals surface area contributed by atoms with Gasteiger partial charge in [0.05, 0.1) is 7.11 Å². The Bertz CT molecular complexity index is 633. The minimum absolute atomic E-state index is 0.964. The molecule has 1 aliphatic heterocycles. The highest BCUT2D eigenvalue weighted by Crippen LogP contribution is 2.11. The maximum absolute atomic E-state index is 5.32. The normalized spacial score (nSPS) is 21.1. The van der Waals surface area contributed by atoms with Gasteiger partial charge in [0.25, 0.3) is 0 Å². The molecule has 0 aliphatic carbocycles. The van der Waals surface area contributed by atoms with Crippen LogP contribution in [0.15, 0.2) is 48.5 Å². The van der Waals surface area contributed by atoms with Gasteiger partial charge >= 0.3 is 0 Å². The van der Waals surface area contributed by atoms with E-state index in [0.717, 1.165) is 18.8 Å². The van der Waals surface area contributed by atoms with Crippen LogP contribution in [0.1, 0.15) is 16.7 Å². The molecule has 1 fully saturated rings. The van der Waals surface area contributed by atoms with Gasteiger partial charge in [-0.25, -0.2) is 0 Å². The van der Waals surface area contributed by atoms with Crippen LogP contribution in [-0.2, 0) is 13.1 Å². The summed E-state index contributed by atoms with van der Waals surface area (Å²) < 4.78 is 5.32. The van der Waals surface area contributed by atoms with Gasteiger partial charge in [-0.1, -0.05) is 42.0 Å². The summed E-state index contributed by atoms with van der Waals surface area (Å²) in [5.74, 6) is 0.964. The maximum atomic E-state index is 5.32. The summed E-state index contributed by atoms with van der Waals surface area (Å²) in [4.78, 5) is 3.40. The summed E-state index contributed by atoms with van der Waals surface area (Å²) in [5, 5.41) is 0. The van der Waals surface area contributed by atoms with Crippen molar-refractivity contribution >= 4 is 0 Å². The average molecular weight is 312 g/mol. The number of rotatable bonds is 5. The number of hydrogen-bond acceptors (Lipinski definition) is 1. The summed E-state index contributed by atoms with van der Waals surface area (Å²) in [6.07, 6.45) is 0. The Labute approximate surface area is 139 Å². The first-order valence-electron chi connectivity index (χ1n) is 8.58. The zero-order valence-corrected chi connectivity index (χ0v) is 14.3. The highest BCUT2D eigenvalue weighted by Gasteiger charge is 2.23. The van der Waals surface area contributed by atoms with Crippen LogP contribution in [-0.4, -0.2) is 33.3 Å². The summed E-state index contributed by atoms with van der Waals surface area (Å²) in [5.41, 5.74) is 4.21. The van der Waals surface area contributed by atoms with Crippen molar-refractivity contribution in [3.63, 3.8) is 0 Å². The van der Waals surface area contributed by atoms with Crippen LogP contribution in [0.5, 0.6) is 5.75 Å². The number of piperazine rings is 1. The Kier molecular flexibility index (Phi) is 5.31. The molecule has 23 heavy (non-hydrogen) atoms. The van der Waals surface area contributed by atoms with E-state index in [1.807, 2.05) is 6.07 Å². The van der Waals surface area contributed by atoms with Crippen molar-refractivity contribution in [2.75, 3.05) is 33.3 Å². The Morgan fingerprint density at radius 3 is 1.96 bits per heavy atom. The molecule has 0 spiro atoms. The van der Waals surface area contributed by atoms with Crippen LogP contribution in [0, 0.1) is 6.92 Å². The first-order chi connectivity index (χ1) is 11.2. The molecule has 1 heterocycles. The van der Waals surface area contributed by atoms with Crippen molar-refractivity contribution in [1.29, 1.82) is 0 Å². The lowest BCUT2D eigenvalue weighted by Crippen LogP contribution is -3.27. The second kappa shape index (κ2) is 7.62. The van der Waals surface area contributed by atoms with E-state index >= 15 is 0 Å². The van der Waals surface area contributed by atoms with Crippen LogP contribution < -0.4 is 14.5 Å². The van der Waals surface area contributed by atoms with E-state index < -0.39 is 0 Å². The fourth-order valence-electron chi connectivity index (χ4n) is 3.49. The number of benzene rings is 2. The van der Waals surface area contributed by atoms with Gasteiger partial charge < -0.3 is 14.5 Å². The summed E-state index contributed by atoms with van der Waals surface area (Å²) in [6.45, 7) is 9.45. The Hall–Kier alpha value is -1.84. The van der Waals surface area contributed by atoms with E-state index in [9.17, 15) is 0 Å². The minimum atomic E-state index is 0.964. The van der Waals surface area contributed by atoms with Crippen molar-refractivity contribution in [1.82, 2.24) is 0 Å². The van der Waals surface area contributed by atoms with Crippen molar-refractivity contribution in [3.8, 4) is 5.75 Å². The Morgan fingerprint density at radius 2 is 1.39 bits per heavy atom. The van der Waals surface area contributed by atoms with Gasteiger partial charge in [0.15, 0.2) is 0 Å². The quantitative estimate of drug-likeness (QED) is 0.822. The van der Waals surface area contributed by atoms with Crippen LogP contribution in [0.4, 0.5) is 0 Å². The second-order valence-corrected chi connectivity index (χ2v) is 6.69. The standard InChI is InChI=1S/C20H26N2O/c1-17-5-3-6-18(13-17)15-21-9-11-22(12-10-21)16-19-7-4-8-20(14-19)23-2/h3-8,13-14H,9-12,15-16H2,1-2H3/p+2. The van der Waals surface area contributed by atoms with Crippen LogP contribution >= 0.6 is 0 Å². The molecule has 3 nitrogen and oxygen atoms in total. The van der Waals surface area contributed by atoms with E-state index in [0.29, 0.717) is 0 Å². The maximum Gasteiger partial charge on any atom is 0.127 e. The van der Waals surface area contributed by atoms with E-state index in [2.05, 4.69) is 49.4 Å². The molecular formula is C20H28N2O+2. The third kappa shape index (κ3) is 4.57. The van der Waals surface area contributed by atoms with Crippen LogP contribution in [0.25, 0.3) is 0 Å². The fraction of sp³-hybridized carbons (Fsp3) is 0.400. The number of quaternary nitrogens is 2. The molecule has 1 aliphatic rings. The van der Waals surface area contributed by atoms with Gasteiger partial charge in [-0.3, -0.25) is 0 Å². The molecule has 2 N–H and O–H groups in total. The predicted molar refractivity (Wildman–Crippen MR) is 93.0 cm³/mol. The van der Waals surface area contributed by atoms with Crippen molar-refractivity contribution < 1.29 is 14.5 Å². The minimum Gasteiger partial charge on any atom is -0.497 e. The van der Waals surface area contributed by atoms with E-state index in [-0.39, 0.29) is 0 Å². The largest absolute Gasteiger partial charge is 0.497 e. The van der Waals surface area contributed by atoms with Crippen LogP contribution in [0.2, 0.25) is 0 Å². The highest BCUT2D eigenvalue weighted by atomic mass is 16.5. The topological polar surface area (TPSA) is 18.1 Å². The Balaban J connectivity index is 1.50.